The molecular formula is C15H14N4O. The highest BCUT2D eigenvalue weighted by Crippen LogP contribution is 2.19. The lowest BCUT2D eigenvalue weighted by molar-refractivity contribution is 0.423. The number of benzene rings is 1. The molecule has 0 saturated carbocycles. The zero-order chi connectivity index (χ0) is 13.8. The van der Waals surface area contributed by atoms with E-state index >= 15 is 0 Å². The van der Waals surface area contributed by atoms with E-state index in [1.807, 2.05) is 42.5 Å². The van der Waals surface area contributed by atoms with Gasteiger partial charge in [0.25, 0.3) is 5.89 Å². The molecule has 3 rings (SSSR count). The monoisotopic (exact) mass is 266 g/mol. The fourth-order valence-electron chi connectivity index (χ4n) is 1.94. The normalized spacial score (nSPS) is 10.7. The van der Waals surface area contributed by atoms with E-state index in [0.29, 0.717) is 24.7 Å². The minimum absolute atomic E-state index is 0.489. The summed E-state index contributed by atoms with van der Waals surface area (Å²) in [6, 6.07) is 13.5. The average molecular weight is 266 g/mol. The Morgan fingerprint density at radius 3 is 2.85 bits per heavy atom. The Morgan fingerprint density at radius 1 is 1.10 bits per heavy atom. The number of rotatable bonds is 4. The maximum Gasteiger partial charge on any atom is 0.257 e. The first kappa shape index (κ1) is 12.5. The van der Waals surface area contributed by atoms with Gasteiger partial charge in [-0.05, 0) is 29.8 Å². The predicted molar refractivity (Wildman–Crippen MR) is 74.7 cm³/mol. The number of aromatic nitrogens is 3. The fourth-order valence-corrected chi connectivity index (χ4v) is 1.94. The Balaban J connectivity index is 1.83. The molecule has 3 aromatic rings. The maximum absolute atomic E-state index is 5.63. The molecule has 100 valence electrons. The van der Waals surface area contributed by atoms with Crippen molar-refractivity contribution in [2.75, 3.05) is 0 Å². The molecule has 0 bridgehead atoms. The minimum Gasteiger partial charge on any atom is -0.334 e. The fraction of sp³-hybridized carbons (Fsp3) is 0.133. The number of pyridine rings is 1. The summed E-state index contributed by atoms with van der Waals surface area (Å²) in [6.45, 7) is 0.489. The molecule has 0 aliphatic heterocycles. The van der Waals surface area contributed by atoms with Crippen LogP contribution in [0, 0.1) is 0 Å². The van der Waals surface area contributed by atoms with Gasteiger partial charge in [-0.2, -0.15) is 4.98 Å². The lowest BCUT2D eigenvalue weighted by Crippen LogP contribution is -1.96. The van der Waals surface area contributed by atoms with Gasteiger partial charge in [0, 0.05) is 24.0 Å². The van der Waals surface area contributed by atoms with Gasteiger partial charge in [-0.1, -0.05) is 23.4 Å². The van der Waals surface area contributed by atoms with Gasteiger partial charge in [0.05, 0.1) is 6.42 Å². The van der Waals surface area contributed by atoms with Crippen molar-refractivity contribution in [3.8, 4) is 11.5 Å². The Kier molecular flexibility index (Phi) is 3.52. The van der Waals surface area contributed by atoms with Crippen molar-refractivity contribution in [2.24, 2.45) is 5.73 Å². The van der Waals surface area contributed by atoms with E-state index in [-0.39, 0.29) is 0 Å². The summed E-state index contributed by atoms with van der Waals surface area (Å²) in [6.07, 6.45) is 2.31. The first-order valence-corrected chi connectivity index (χ1v) is 6.37. The Labute approximate surface area is 116 Å². The molecule has 0 unspecified atom stereocenters. The largest absolute Gasteiger partial charge is 0.334 e. The lowest BCUT2D eigenvalue weighted by Gasteiger charge is -1.98. The molecule has 0 spiro atoms. The zero-order valence-electron chi connectivity index (χ0n) is 10.9. The van der Waals surface area contributed by atoms with Crippen LogP contribution in [0.1, 0.15) is 17.1 Å². The third kappa shape index (κ3) is 2.73. The molecule has 1 aromatic carbocycles. The maximum atomic E-state index is 5.63. The Morgan fingerprint density at radius 2 is 2.05 bits per heavy atom. The third-order valence-corrected chi connectivity index (χ3v) is 2.94. The van der Waals surface area contributed by atoms with Crippen molar-refractivity contribution in [1.29, 1.82) is 0 Å². The second kappa shape index (κ2) is 5.63. The predicted octanol–water partition coefficient (Wildman–Crippen LogP) is 2.18. The number of nitrogens with zero attached hydrogens (tertiary/aromatic N) is 3. The van der Waals surface area contributed by atoms with E-state index in [1.165, 1.54) is 0 Å². The Bertz CT molecular complexity index is 694. The van der Waals surface area contributed by atoms with E-state index in [2.05, 4.69) is 15.1 Å². The molecule has 0 saturated heterocycles. The van der Waals surface area contributed by atoms with Crippen molar-refractivity contribution >= 4 is 0 Å². The van der Waals surface area contributed by atoms with Crippen LogP contribution in [0.2, 0.25) is 0 Å². The van der Waals surface area contributed by atoms with E-state index in [1.54, 1.807) is 6.20 Å². The van der Waals surface area contributed by atoms with Crippen LogP contribution in [0.4, 0.5) is 0 Å². The smallest absolute Gasteiger partial charge is 0.257 e. The summed E-state index contributed by atoms with van der Waals surface area (Å²) in [7, 11) is 0. The summed E-state index contributed by atoms with van der Waals surface area (Å²) in [5.41, 5.74) is 8.46. The van der Waals surface area contributed by atoms with Gasteiger partial charge in [0.1, 0.15) is 0 Å². The standard InChI is InChI=1S/C15H14N4O/c16-10-11-4-3-5-12(8-11)15-18-14(19-20-15)9-13-6-1-2-7-17-13/h1-8H,9-10,16H2. The van der Waals surface area contributed by atoms with Crippen LogP contribution in [-0.2, 0) is 13.0 Å². The van der Waals surface area contributed by atoms with Crippen LogP contribution in [-0.4, -0.2) is 15.1 Å². The van der Waals surface area contributed by atoms with Crippen molar-refractivity contribution in [1.82, 2.24) is 15.1 Å². The highest BCUT2D eigenvalue weighted by Gasteiger charge is 2.10. The summed E-state index contributed by atoms with van der Waals surface area (Å²) in [5, 5.41) is 3.99. The van der Waals surface area contributed by atoms with Crippen LogP contribution in [0.3, 0.4) is 0 Å². The molecule has 2 heterocycles. The molecule has 0 aliphatic rings. The van der Waals surface area contributed by atoms with Gasteiger partial charge in [-0.3, -0.25) is 4.98 Å². The molecule has 2 aromatic heterocycles. The second-order valence-electron chi connectivity index (χ2n) is 4.42. The SMILES string of the molecule is NCc1cccc(-c2nc(Cc3ccccn3)no2)c1. The molecule has 0 atom stereocenters. The van der Waals surface area contributed by atoms with Crippen LogP contribution in [0.25, 0.3) is 11.5 Å². The quantitative estimate of drug-likeness (QED) is 0.783. The minimum atomic E-state index is 0.489. The van der Waals surface area contributed by atoms with Gasteiger partial charge in [0.2, 0.25) is 0 Å². The summed E-state index contributed by atoms with van der Waals surface area (Å²) >= 11 is 0. The van der Waals surface area contributed by atoms with Crippen LogP contribution in [0.15, 0.2) is 53.2 Å². The lowest BCUT2D eigenvalue weighted by atomic mass is 10.1. The van der Waals surface area contributed by atoms with Gasteiger partial charge in [-0.15, -0.1) is 0 Å². The van der Waals surface area contributed by atoms with Gasteiger partial charge in [0.15, 0.2) is 5.82 Å². The van der Waals surface area contributed by atoms with Crippen molar-refractivity contribution < 1.29 is 4.52 Å². The summed E-state index contributed by atoms with van der Waals surface area (Å²) in [5.74, 6) is 1.13. The number of hydrogen-bond donors (Lipinski definition) is 1. The molecule has 0 radical (unpaired) electrons. The number of nitrogens with two attached hydrogens (primary N) is 1. The molecule has 20 heavy (non-hydrogen) atoms. The zero-order valence-corrected chi connectivity index (χ0v) is 10.9. The molecule has 0 aliphatic carbocycles. The topological polar surface area (TPSA) is 77.8 Å². The average Bonchev–Trinajstić information content (AvgIpc) is 2.97. The first-order valence-electron chi connectivity index (χ1n) is 6.37. The molecule has 2 N–H and O–H groups in total. The van der Waals surface area contributed by atoms with Gasteiger partial charge in [-0.25, -0.2) is 0 Å². The van der Waals surface area contributed by atoms with Crippen molar-refractivity contribution in [3.63, 3.8) is 0 Å². The van der Waals surface area contributed by atoms with Gasteiger partial charge >= 0.3 is 0 Å². The molecule has 0 amide bonds. The molecule has 5 heteroatoms. The van der Waals surface area contributed by atoms with Crippen molar-refractivity contribution in [3.05, 3.63) is 65.7 Å². The van der Waals surface area contributed by atoms with E-state index in [0.717, 1.165) is 16.8 Å². The van der Waals surface area contributed by atoms with Crippen LogP contribution >= 0.6 is 0 Å². The molecule has 0 fully saturated rings. The van der Waals surface area contributed by atoms with Crippen molar-refractivity contribution in [2.45, 2.75) is 13.0 Å². The van der Waals surface area contributed by atoms with E-state index < -0.39 is 0 Å². The Hall–Kier alpha value is -2.53. The summed E-state index contributed by atoms with van der Waals surface area (Å²) in [4.78, 5) is 8.64. The highest BCUT2D eigenvalue weighted by atomic mass is 16.5. The highest BCUT2D eigenvalue weighted by molar-refractivity contribution is 5.54. The summed E-state index contributed by atoms with van der Waals surface area (Å²) < 4.78 is 5.29. The first-order chi connectivity index (χ1) is 9.85. The third-order valence-electron chi connectivity index (χ3n) is 2.94. The molecule has 5 nitrogen and oxygen atoms in total. The van der Waals surface area contributed by atoms with E-state index in [4.69, 9.17) is 10.3 Å². The van der Waals surface area contributed by atoms with Gasteiger partial charge < -0.3 is 10.3 Å². The van der Waals surface area contributed by atoms with Crippen LogP contribution < -0.4 is 5.73 Å². The number of hydrogen-bond acceptors (Lipinski definition) is 5. The van der Waals surface area contributed by atoms with Crippen LogP contribution in [0.5, 0.6) is 0 Å². The molecular weight excluding hydrogens is 252 g/mol. The van der Waals surface area contributed by atoms with E-state index in [9.17, 15) is 0 Å². The second-order valence-corrected chi connectivity index (χ2v) is 4.42.